The molecule has 62 valence electrons. The lowest BCUT2D eigenvalue weighted by Crippen LogP contribution is -1.81. The van der Waals surface area contributed by atoms with Crippen molar-refractivity contribution < 1.29 is 0 Å². The Morgan fingerprint density at radius 3 is 2.18 bits per heavy atom. The molecule has 0 N–H and O–H groups in total. The van der Waals surface area contributed by atoms with Gasteiger partial charge in [-0.3, -0.25) is 0 Å². The molecule has 0 aromatic heterocycles. The van der Waals surface area contributed by atoms with E-state index in [2.05, 4.69) is 38.7 Å². The van der Waals surface area contributed by atoms with Gasteiger partial charge < -0.3 is 0 Å². The third kappa shape index (κ3) is 4.60. The Bertz CT molecular complexity index is 180. The van der Waals surface area contributed by atoms with Gasteiger partial charge in [-0.05, 0) is 25.3 Å². The molecule has 0 heteroatoms. The summed E-state index contributed by atoms with van der Waals surface area (Å²) in [6.07, 6.45) is 6.40. The Labute approximate surface area is 70.3 Å². The highest BCUT2D eigenvalue weighted by molar-refractivity contribution is 5.35. The van der Waals surface area contributed by atoms with Crippen LogP contribution in [0.15, 0.2) is 36.0 Å². The highest BCUT2D eigenvalue weighted by Crippen LogP contribution is 2.09. The standard InChI is InChI=1S/C11H18/c1-6-11(10(4)5)8-7-9(2)3/h6-9H,4H2,1-3,5H3. The zero-order valence-corrected chi connectivity index (χ0v) is 8.02. The van der Waals surface area contributed by atoms with Gasteiger partial charge in [0.15, 0.2) is 0 Å². The predicted octanol–water partition coefficient (Wildman–Crippen LogP) is 3.72. The highest BCUT2D eigenvalue weighted by atomic mass is 14.0. The fourth-order valence-corrected chi connectivity index (χ4v) is 0.781. The molecule has 0 atom stereocenters. The third-order valence-electron chi connectivity index (χ3n) is 1.46. The fraction of sp³-hybridized carbons (Fsp3) is 0.455. The molecular formula is C11H18. The van der Waals surface area contributed by atoms with E-state index in [0.717, 1.165) is 5.57 Å². The molecule has 0 amide bonds. The monoisotopic (exact) mass is 150 g/mol. The van der Waals surface area contributed by atoms with E-state index in [1.807, 2.05) is 13.8 Å². The summed E-state index contributed by atoms with van der Waals surface area (Å²) in [5.41, 5.74) is 2.36. The molecule has 0 aromatic carbocycles. The molecule has 0 unspecified atom stereocenters. The SMILES string of the molecule is C=C(C)C(C=CC(C)C)=CC. The maximum atomic E-state index is 3.88. The second-order valence-electron chi connectivity index (χ2n) is 3.13. The summed E-state index contributed by atoms with van der Waals surface area (Å²) < 4.78 is 0. The van der Waals surface area contributed by atoms with Crippen LogP contribution in [0, 0.1) is 5.92 Å². The Morgan fingerprint density at radius 2 is 1.91 bits per heavy atom. The minimum absolute atomic E-state index is 0.615. The van der Waals surface area contributed by atoms with Gasteiger partial charge in [0.2, 0.25) is 0 Å². The molecule has 0 spiro atoms. The Morgan fingerprint density at radius 1 is 1.36 bits per heavy atom. The lowest BCUT2D eigenvalue weighted by atomic mass is 10.1. The first-order valence-corrected chi connectivity index (χ1v) is 4.08. The third-order valence-corrected chi connectivity index (χ3v) is 1.46. The minimum atomic E-state index is 0.615. The topological polar surface area (TPSA) is 0 Å². The van der Waals surface area contributed by atoms with Crippen molar-refractivity contribution in [3.05, 3.63) is 36.0 Å². The van der Waals surface area contributed by atoms with Gasteiger partial charge in [0.1, 0.15) is 0 Å². The van der Waals surface area contributed by atoms with E-state index in [9.17, 15) is 0 Å². The first kappa shape index (κ1) is 10.2. The average Bonchev–Trinajstić information content (AvgIpc) is 1.87. The van der Waals surface area contributed by atoms with E-state index in [1.54, 1.807) is 0 Å². The normalized spacial score (nSPS) is 13.0. The predicted molar refractivity (Wildman–Crippen MR) is 52.5 cm³/mol. The molecule has 0 saturated carbocycles. The fourth-order valence-electron chi connectivity index (χ4n) is 0.781. The van der Waals surface area contributed by atoms with Crippen molar-refractivity contribution in [3.63, 3.8) is 0 Å². The van der Waals surface area contributed by atoms with Crippen molar-refractivity contribution in [1.82, 2.24) is 0 Å². The minimum Gasteiger partial charge on any atom is -0.0955 e. The second-order valence-corrected chi connectivity index (χ2v) is 3.13. The molecule has 11 heavy (non-hydrogen) atoms. The molecule has 0 saturated heterocycles. The van der Waals surface area contributed by atoms with Crippen LogP contribution >= 0.6 is 0 Å². The van der Waals surface area contributed by atoms with Crippen LogP contribution in [0.3, 0.4) is 0 Å². The van der Waals surface area contributed by atoms with Crippen LogP contribution in [-0.2, 0) is 0 Å². The van der Waals surface area contributed by atoms with Gasteiger partial charge in [-0.1, -0.05) is 44.2 Å². The van der Waals surface area contributed by atoms with Crippen molar-refractivity contribution in [2.24, 2.45) is 5.92 Å². The molecule has 0 aliphatic rings. The van der Waals surface area contributed by atoms with Gasteiger partial charge in [0.25, 0.3) is 0 Å². The van der Waals surface area contributed by atoms with E-state index < -0.39 is 0 Å². The van der Waals surface area contributed by atoms with Gasteiger partial charge in [-0.15, -0.1) is 0 Å². The van der Waals surface area contributed by atoms with Gasteiger partial charge in [-0.2, -0.15) is 0 Å². The van der Waals surface area contributed by atoms with Crippen LogP contribution in [0.1, 0.15) is 27.7 Å². The molecule has 0 radical (unpaired) electrons. The van der Waals surface area contributed by atoms with Gasteiger partial charge >= 0.3 is 0 Å². The van der Waals surface area contributed by atoms with E-state index in [1.165, 1.54) is 5.57 Å². The van der Waals surface area contributed by atoms with Crippen LogP contribution in [0.5, 0.6) is 0 Å². The first-order chi connectivity index (χ1) is 5.07. The smallest absolute Gasteiger partial charge is 0.0279 e. The Hall–Kier alpha value is -0.780. The molecule has 0 nitrogen and oxygen atoms in total. The first-order valence-electron chi connectivity index (χ1n) is 4.08. The number of hydrogen-bond donors (Lipinski definition) is 0. The largest absolute Gasteiger partial charge is 0.0955 e. The molecule has 0 bridgehead atoms. The maximum Gasteiger partial charge on any atom is -0.0279 e. The summed E-state index contributed by atoms with van der Waals surface area (Å²) in [4.78, 5) is 0. The van der Waals surface area contributed by atoms with E-state index >= 15 is 0 Å². The molecule has 0 fully saturated rings. The van der Waals surface area contributed by atoms with Crippen molar-refractivity contribution in [2.45, 2.75) is 27.7 Å². The molecule has 0 aromatic rings. The highest BCUT2D eigenvalue weighted by Gasteiger charge is 1.90. The van der Waals surface area contributed by atoms with Crippen molar-refractivity contribution in [1.29, 1.82) is 0 Å². The van der Waals surface area contributed by atoms with Gasteiger partial charge in [0, 0.05) is 0 Å². The summed E-state index contributed by atoms with van der Waals surface area (Å²) in [5, 5.41) is 0. The van der Waals surface area contributed by atoms with Crippen molar-refractivity contribution in [3.8, 4) is 0 Å². The van der Waals surface area contributed by atoms with Crippen LogP contribution in [0.2, 0.25) is 0 Å². The summed E-state index contributed by atoms with van der Waals surface area (Å²) >= 11 is 0. The second kappa shape index (κ2) is 4.95. The van der Waals surface area contributed by atoms with Gasteiger partial charge in [0.05, 0.1) is 0 Å². The summed E-state index contributed by atoms with van der Waals surface area (Å²) in [7, 11) is 0. The number of hydrogen-bond acceptors (Lipinski definition) is 0. The lowest BCUT2D eigenvalue weighted by molar-refractivity contribution is 0.831. The zero-order chi connectivity index (χ0) is 8.85. The van der Waals surface area contributed by atoms with Crippen LogP contribution < -0.4 is 0 Å². The van der Waals surface area contributed by atoms with E-state index in [-0.39, 0.29) is 0 Å². The zero-order valence-electron chi connectivity index (χ0n) is 8.02. The molecule has 0 rings (SSSR count). The molecule has 0 heterocycles. The molecular weight excluding hydrogens is 132 g/mol. The maximum absolute atomic E-state index is 3.88. The average molecular weight is 150 g/mol. The summed E-state index contributed by atoms with van der Waals surface area (Å²) in [6, 6.07) is 0. The summed E-state index contributed by atoms with van der Waals surface area (Å²) in [5.74, 6) is 0.615. The van der Waals surface area contributed by atoms with Crippen LogP contribution in [0.4, 0.5) is 0 Å². The Balaban J connectivity index is 4.22. The quantitative estimate of drug-likeness (QED) is 0.538. The molecule has 0 aliphatic carbocycles. The summed E-state index contributed by atoms with van der Waals surface area (Å²) in [6.45, 7) is 12.3. The lowest BCUT2D eigenvalue weighted by Gasteiger charge is -1.99. The van der Waals surface area contributed by atoms with Crippen molar-refractivity contribution >= 4 is 0 Å². The Kier molecular flexibility index (Phi) is 4.60. The van der Waals surface area contributed by atoms with E-state index in [4.69, 9.17) is 0 Å². The van der Waals surface area contributed by atoms with Crippen LogP contribution in [0.25, 0.3) is 0 Å². The number of allylic oxidation sites excluding steroid dienone is 5. The van der Waals surface area contributed by atoms with E-state index in [0.29, 0.717) is 5.92 Å². The molecule has 0 aliphatic heterocycles. The van der Waals surface area contributed by atoms with Crippen molar-refractivity contribution in [2.75, 3.05) is 0 Å². The van der Waals surface area contributed by atoms with Crippen LogP contribution in [-0.4, -0.2) is 0 Å². The van der Waals surface area contributed by atoms with Gasteiger partial charge in [-0.25, -0.2) is 0 Å². The number of rotatable bonds is 3.